The zero-order valence-electron chi connectivity index (χ0n) is 11.8. The second-order valence-electron chi connectivity index (χ2n) is 4.67. The lowest BCUT2D eigenvalue weighted by Crippen LogP contribution is -2.13. The van der Waals surface area contributed by atoms with Gasteiger partial charge in [-0.15, -0.1) is 0 Å². The highest BCUT2D eigenvalue weighted by Crippen LogP contribution is 2.22. The van der Waals surface area contributed by atoms with E-state index >= 15 is 0 Å². The highest BCUT2D eigenvalue weighted by atomic mass is 32.2. The zero-order valence-corrected chi connectivity index (χ0v) is 12.6. The fourth-order valence-corrected chi connectivity index (χ4v) is 2.40. The first-order valence-corrected chi connectivity index (χ1v) is 8.13. The molecule has 0 aliphatic carbocycles. The number of carbonyl (C=O) groups excluding carboxylic acids is 1. The van der Waals surface area contributed by atoms with Gasteiger partial charge in [0.1, 0.15) is 5.82 Å². The minimum atomic E-state index is -3.39. The number of nitro groups is 1. The molecule has 0 saturated heterocycles. The van der Waals surface area contributed by atoms with Crippen LogP contribution in [0.3, 0.4) is 0 Å². The number of hydrogen-bond acceptors (Lipinski definition) is 5. The quantitative estimate of drug-likeness (QED) is 0.680. The predicted octanol–water partition coefficient (Wildman–Crippen LogP) is 2.39. The molecule has 7 nitrogen and oxygen atoms in total. The summed E-state index contributed by atoms with van der Waals surface area (Å²) < 4.78 is 36.3. The first-order chi connectivity index (χ1) is 10.7. The number of halogens is 1. The molecule has 2 aromatic carbocycles. The molecule has 0 atom stereocenters. The van der Waals surface area contributed by atoms with Crippen LogP contribution in [0.4, 0.5) is 15.8 Å². The monoisotopic (exact) mass is 338 g/mol. The normalized spacial score (nSPS) is 11.0. The highest BCUT2D eigenvalue weighted by Gasteiger charge is 2.15. The number of rotatable bonds is 4. The van der Waals surface area contributed by atoms with E-state index in [4.69, 9.17) is 0 Å². The van der Waals surface area contributed by atoms with Crippen molar-refractivity contribution in [1.29, 1.82) is 0 Å². The van der Waals surface area contributed by atoms with Crippen LogP contribution in [-0.2, 0) is 9.84 Å². The van der Waals surface area contributed by atoms with Crippen LogP contribution in [-0.4, -0.2) is 25.5 Å². The number of nitrogens with one attached hydrogen (secondary N) is 1. The Labute approximate surface area is 130 Å². The maximum absolute atomic E-state index is 13.6. The van der Waals surface area contributed by atoms with Gasteiger partial charge in [-0.25, -0.2) is 12.8 Å². The topological polar surface area (TPSA) is 106 Å². The lowest BCUT2D eigenvalue weighted by Gasteiger charge is -2.07. The molecular weight excluding hydrogens is 327 g/mol. The molecule has 0 spiro atoms. The molecule has 0 fully saturated rings. The van der Waals surface area contributed by atoms with Crippen molar-refractivity contribution in [1.82, 2.24) is 0 Å². The van der Waals surface area contributed by atoms with E-state index in [1.807, 2.05) is 0 Å². The minimum Gasteiger partial charge on any atom is -0.319 e. The molecule has 1 N–H and O–H groups in total. The van der Waals surface area contributed by atoms with Gasteiger partial charge < -0.3 is 5.32 Å². The summed E-state index contributed by atoms with van der Waals surface area (Å²) in [6.45, 7) is 0. The van der Waals surface area contributed by atoms with Crippen molar-refractivity contribution in [3.63, 3.8) is 0 Å². The van der Waals surface area contributed by atoms with Crippen molar-refractivity contribution in [2.45, 2.75) is 4.90 Å². The summed E-state index contributed by atoms with van der Waals surface area (Å²) in [5.41, 5.74) is -0.617. The molecule has 2 aromatic rings. The summed E-state index contributed by atoms with van der Waals surface area (Å²) in [6, 6.07) is 7.77. The van der Waals surface area contributed by atoms with Gasteiger partial charge in [-0.2, -0.15) is 0 Å². The molecule has 0 saturated carbocycles. The number of hydrogen-bond donors (Lipinski definition) is 1. The molecule has 0 aliphatic heterocycles. The van der Waals surface area contributed by atoms with Crippen molar-refractivity contribution in [3.05, 3.63) is 64.0 Å². The van der Waals surface area contributed by atoms with E-state index in [-0.39, 0.29) is 21.8 Å². The van der Waals surface area contributed by atoms with Crippen LogP contribution in [0.2, 0.25) is 0 Å². The molecule has 23 heavy (non-hydrogen) atoms. The fourth-order valence-electron chi connectivity index (χ4n) is 1.77. The number of nitro benzene ring substituents is 1. The third kappa shape index (κ3) is 3.89. The van der Waals surface area contributed by atoms with E-state index in [1.165, 1.54) is 24.3 Å². The number of nitrogens with zero attached hydrogens (tertiary/aromatic N) is 1. The molecule has 0 bridgehead atoms. The Balaban J connectivity index is 2.26. The van der Waals surface area contributed by atoms with Gasteiger partial charge in [0.15, 0.2) is 9.84 Å². The number of sulfone groups is 1. The van der Waals surface area contributed by atoms with E-state index in [1.54, 1.807) is 0 Å². The number of benzene rings is 2. The Hall–Kier alpha value is -2.81. The Morgan fingerprint density at radius 2 is 1.78 bits per heavy atom. The predicted molar refractivity (Wildman–Crippen MR) is 80.6 cm³/mol. The van der Waals surface area contributed by atoms with Gasteiger partial charge in [-0.3, -0.25) is 14.9 Å². The summed E-state index contributed by atoms with van der Waals surface area (Å²) in [6.07, 6.45) is 1.03. The van der Waals surface area contributed by atoms with Gasteiger partial charge >= 0.3 is 0 Å². The summed E-state index contributed by atoms with van der Waals surface area (Å²) >= 11 is 0. The van der Waals surface area contributed by atoms with Gasteiger partial charge in [0.25, 0.3) is 11.6 Å². The van der Waals surface area contributed by atoms with Crippen LogP contribution in [0.5, 0.6) is 0 Å². The van der Waals surface area contributed by atoms with Gasteiger partial charge in [0.2, 0.25) is 0 Å². The molecule has 0 unspecified atom stereocenters. The second kappa shape index (κ2) is 6.13. The maximum atomic E-state index is 13.6. The molecule has 0 radical (unpaired) electrons. The van der Waals surface area contributed by atoms with Crippen molar-refractivity contribution >= 4 is 27.1 Å². The Bertz CT molecular complexity index is 879. The van der Waals surface area contributed by atoms with Gasteiger partial charge in [-0.1, -0.05) is 0 Å². The summed E-state index contributed by atoms with van der Waals surface area (Å²) in [4.78, 5) is 22.0. The number of non-ortho nitro benzene ring substituents is 1. The molecule has 0 aromatic heterocycles. The Kier molecular flexibility index (Phi) is 4.41. The largest absolute Gasteiger partial charge is 0.319 e. The highest BCUT2D eigenvalue weighted by molar-refractivity contribution is 7.90. The van der Waals surface area contributed by atoms with Crippen LogP contribution in [0.25, 0.3) is 0 Å². The minimum absolute atomic E-state index is 0.0376. The van der Waals surface area contributed by atoms with Crippen LogP contribution < -0.4 is 5.32 Å². The van der Waals surface area contributed by atoms with Crippen molar-refractivity contribution < 1.29 is 22.5 Å². The molecule has 0 aliphatic rings. The van der Waals surface area contributed by atoms with E-state index in [0.717, 1.165) is 24.5 Å². The second-order valence-corrected chi connectivity index (χ2v) is 6.69. The Morgan fingerprint density at radius 1 is 1.17 bits per heavy atom. The summed E-state index contributed by atoms with van der Waals surface area (Å²) in [5.74, 6) is -1.54. The van der Waals surface area contributed by atoms with Crippen LogP contribution in [0.15, 0.2) is 47.4 Å². The molecule has 0 heterocycles. The molecule has 120 valence electrons. The molecular formula is C14H11FN2O5S. The van der Waals surface area contributed by atoms with Gasteiger partial charge in [0.05, 0.1) is 15.5 Å². The molecule has 2 rings (SSSR count). The van der Waals surface area contributed by atoms with Crippen LogP contribution in [0, 0.1) is 15.9 Å². The SMILES string of the molecule is CS(=O)(=O)c1ccc(C(=O)Nc2cc([N+](=O)[O-])ccc2F)cc1. The summed E-state index contributed by atoms with van der Waals surface area (Å²) in [7, 11) is -3.39. The average Bonchev–Trinajstić information content (AvgIpc) is 2.48. The fraction of sp³-hybridized carbons (Fsp3) is 0.0714. The lowest BCUT2D eigenvalue weighted by molar-refractivity contribution is -0.384. The lowest BCUT2D eigenvalue weighted by atomic mass is 10.2. The molecule has 9 heteroatoms. The first kappa shape index (κ1) is 16.6. The van der Waals surface area contributed by atoms with E-state index < -0.39 is 26.5 Å². The van der Waals surface area contributed by atoms with Crippen LogP contribution in [0.1, 0.15) is 10.4 Å². The standard InChI is InChI=1S/C14H11FN2O5S/c1-23(21,22)11-5-2-9(3-6-11)14(18)16-13-8-10(17(19)20)4-7-12(13)15/h2-8H,1H3,(H,16,18). The summed E-state index contributed by atoms with van der Waals surface area (Å²) in [5, 5.41) is 12.9. The molecule has 1 amide bonds. The number of amides is 1. The van der Waals surface area contributed by atoms with Crippen LogP contribution >= 0.6 is 0 Å². The van der Waals surface area contributed by atoms with Crippen molar-refractivity contribution in [3.8, 4) is 0 Å². The zero-order chi connectivity index (χ0) is 17.2. The third-order valence-electron chi connectivity index (χ3n) is 2.95. The van der Waals surface area contributed by atoms with E-state index in [2.05, 4.69) is 5.32 Å². The van der Waals surface area contributed by atoms with E-state index in [9.17, 15) is 27.7 Å². The number of carbonyl (C=O) groups is 1. The van der Waals surface area contributed by atoms with Crippen molar-refractivity contribution in [2.75, 3.05) is 11.6 Å². The average molecular weight is 338 g/mol. The maximum Gasteiger partial charge on any atom is 0.271 e. The smallest absolute Gasteiger partial charge is 0.271 e. The van der Waals surface area contributed by atoms with Gasteiger partial charge in [0, 0.05) is 24.0 Å². The Morgan fingerprint density at radius 3 is 2.30 bits per heavy atom. The number of anilines is 1. The third-order valence-corrected chi connectivity index (χ3v) is 4.08. The van der Waals surface area contributed by atoms with Crippen molar-refractivity contribution in [2.24, 2.45) is 0 Å². The van der Waals surface area contributed by atoms with E-state index in [0.29, 0.717) is 0 Å². The van der Waals surface area contributed by atoms with Gasteiger partial charge in [-0.05, 0) is 30.3 Å². The first-order valence-electron chi connectivity index (χ1n) is 6.24.